The fourth-order valence-electron chi connectivity index (χ4n) is 1.30. The lowest BCUT2D eigenvalue weighted by Gasteiger charge is -2.16. The zero-order valence-corrected chi connectivity index (χ0v) is 12.3. The number of carbonyl (C=O) groups excluding carboxylic acids is 1. The highest BCUT2D eigenvalue weighted by Gasteiger charge is 2.20. The third-order valence-electron chi connectivity index (χ3n) is 2.30. The van der Waals surface area contributed by atoms with Gasteiger partial charge in [0.25, 0.3) is 0 Å². The summed E-state index contributed by atoms with van der Waals surface area (Å²) < 4.78 is 29.3. The largest absolute Gasteiger partial charge is 0.465 e. The van der Waals surface area contributed by atoms with Crippen molar-refractivity contribution in [3.05, 3.63) is 0 Å². The summed E-state index contributed by atoms with van der Waals surface area (Å²) in [6.07, 6.45) is 0.162. The highest BCUT2D eigenvalue weighted by Crippen LogP contribution is 2.21. The first kappa shape index (κ1) is 17.7. The van der Waals surface area contributed by atoms with Crippen LogP contribution in [0.2, 0.25) is 0 Å². The van der Waals surface area contributed by atoms with Gasteiger partial charge in [0.15, 0.2) is 0 Å². The number of thioether (sulfide) groups is 1. The number of hydrogen-bond donors (Lipinski definition) is 0. The normalized spacial score (nSPS) is 13.1. The minimum absolute atomic E-state index is 0.162. The molecule has 0 saturated heterocycles. The van der Waals surface area contributed by atoms with E-state index in [0.717, 1.165) is 12.8 Å². The first-order chi connectivity index (χ1) is 8.47. The molecule has 0 radical (unpaired) electrons. The Balaban J connectivity index is 4.06. The van der Waals surface area contributed by atoms with Gasteiger partial charge in [-0.15, -0.1) is 11.8 Å². The van der Waals surface area contributed by atoms with E-state index in [2.05, 4.69) is 0 Å². The van der Waals surface area contributed by atoms with Crippen LogP contribution in [0.15, 0.2) is 0 Å². The molecule has 0 saturated carbocycles. The zero-order chi connectivity index (χ0) is 14.0. The van der Waals surface area contributed by atoms with Crippen LogP contribution in [0.25, 0.3) is 0 Å². The van der Waals surface area contributed by atoms with E-state index in [-0.39, 0.29) is 17.6 Å². The van der Waals surface area contributed by atoms with E-state index in [1.807, 2.05) is 20.8 Å². The fourth-order valence-corrected chi connectivity index (χ4v) is 2.44. The maximum absolute atomic E-state index is 12.1. The molecule has 0 aromatic rings. The molecule has 0 aliphatic heterocycles. The van der Waals surface area contributed by atoms with Gasteiger partial charge < -0.3 is 4.74 Å². The van der Waals surface area contributed by atoms with Crippen molar-refractivity contribution < 1.29 is 18.3 Å². The zero-order valence-electron chi connectivity index (χ0n) is 11.5. The van der Waals surface area contributed by atoms with Crippen molar-refractivity contribution in [3.8, 4) is 0 Å². The Morgan fingerprint density at radius 2 is 1.94 bits per heavy atom. The molecule has 0 aliphatic carbocycles. The Labute approximate surface area is 113 Å². The standard InChI is InChI=1S/C13H24F2O2S/c1-4-5-6-11(18-8-7-12(14)15)13(16)17-9-10(2)3/h10-12H,4-9H2,1-3H3. The summed E-state index contributed by atoms with van der Waals surface area (Å²) in [6.45, 7) is 6.38. The van der Waals surface area contributed by atoms with Crippen LogP contribution < -0.4 is 0 Å². The van der Waals surface area contributed by atoms with Gasteiger partial charge in [-0.05, 0) is 18.1 Å². The van der Waals surface area contributed by atoms with Gasteiger partial charge in [-0.2, -0.15) is 0 Å². The molecule has 0 fully saturated rings. The molecular weight excluding hydrogens is 258 g/mol. The number of ether oxygens (including phenoxy) is 1. The van der Waals surface area contributed by atoms with Crippen LogP contribution in [0.4, 0.5) is 8.78 Å². The molecule has 0 aromatic carbocycles. The first-order valence-corrected chi connectivity index (χ1v) is 7.58. The highest BCUT2D eigenvalue weighted by atomic mass is 32.2. The van der Waals surface area contributed by atoms with E-state index in [4.69, 9.17) is 4.74 Å². The quantitative estimate of drug-likeness (QED) is 0.563. The van der Waals surface area contributed by atoms with E-state index in [9.17, 15) is 13.6 Å². The molecule has 0 amide bonds. The smallest absolute Gasteiger partial charge is 0.319 e. The number of unbranched alkanes of at least 4 members (excludes halogenated alkanes) is 1. The van der Waals surface area contributed by atoms with Gasteiger partial charge in [0.1, 0.15) is 5.25 Å². The van der Waals surface area contributed by atoms with Gasteiger partial charge in [-0.3, -0.25) is 4.79 Å². The molecule has 0 bridgehead atoms. The maximum atomic E-state index is 12.1. The van der Waals surface area contributed by atoms with Crippen LogP contribution >= 0.6 is 11.8 Å². The number of carbonyl (C=O) groups is 1. The van der Waals surface area contributed by atoms with Crippen LogP contribution in [0.3, 0.4) is 0 Å². The molecule has 0 aliphatic rings. The monoisotopic (exact) mass is 282 g/mol. The van der Waals surface area contributed by atoms with Crippen molar-refractivity contribution in [2.24, 2.45) is 5.92 Å². The van der Waals surface area contributed by atoms with Crippen molar-refractivity contribution in [2.75, 3.05) is 12.4 Å². The number of esters is 1. The lowest BCUT2D eigenvalue weighted by atomic mass is 10.2. The van der Waals surface area contributed by atoms with Crippen molar-refractivity contribution in [1.82, 2.24) is 0 Å². The van der Waals surface area contributed by atoms with Crippen molar-refractivity contribution in [2.45, 2.75) is 58.1 Å². The third-order valence-corrected chi connectivity index (χ3v) is 3.60. The Kier molecular flexibility index (Phi) is 10.4. The Morgan fingerprint density at radius 1 is 1.28 bits per heavy atom. The minimum Gasteiger partial charge on any atom is -0.465 e. The summed E-state index contributed by atoms with van der Waals surface area (Å²) in [7, 11) is 0. The van der Waals surface area contributed by atoms with Crippen LogP contribution in [-0.4, -0.2) is 30.0 Å². The number of halogens is 2. The minimum atomic E-state index is -2.30. The van der Waals surface area contributed by atoms with Crippen molar-refractivity contribution in [1.29, 1.82) is 0 Å². The van der Waals surface area contributed by atoms with Crippen LogP contribution in [0.5, 0.6) is 0 Å². The molecule has 0 N–H and O–H groups in total. The summed E-state index contributed by atoms with van der Waals surface area (Å²) >= 11 is 1.30. The summed E-state index contributed by atoms with van der Waals surface area (Å²) in [5.74, 6) is 0.353. The van der Waals surface area contributed by atoms with E-state index >= 15 is 0 Å². The van der Waals surface area contributed by atoms with Gasteiger partial charge in [-0.1, -0.05) is 33.6 Å². The first-order valence-electron chi connectivity index (χ1n) is 6.53. The van der Waals surface area contributed by atoms with E-state index < -0.39 is 6.43 Å². The topological polar surface area (TPSA) is 26.3 Å². The Bertz CT molecular complexity index is 223. The average molecular weight is 282 g/mol. The Hall–Kier alpha value is -0.320. The van der Waals surface area contributed by atoms with E-state index in [0.29, 0.717) is 24.7 Å². The third kappa shape index (κ3) is 9.68. The van der Waals surface area contributed by atoms with Crippen LogP contribution in [0, 0.1) is 5.92 Å². The van der Waals surface area contributed by atoms with Crippen LogP contribution in [-0.2, 0) is 9.53 Å². The summed E-state index contributed by atoms with van der Waals surface area (Å²) in [5.41, 5.74) is 0. The molecule has 0 aromatic heterocycles. The second-order valence-corrected chi connectivity index (χ2v) is 6.02. The molecule has 1 atom stereocenters. The number of rotatable bonds is 10. The SMILES string of the molecule is CCCCC(SCCC(F)F)C(=O)OCC(C)C. The Morgan fingerprint density at radius 3 is 2.44 bits per heavy atom. The van der Waals surface area contributed by atoms with Gasteiger partial charge in [0.2, 0.25) is 6.43 Å². The van der Waals surface area contributed by atoms with Gasteiger partial charge in [0, 0.05) is 6.42 Å². The predicted octanol–water partition coefficient (Wildman–Crippen LogP) is 4.13. The summed E-state index contributed by atoms with van der Waals surface area (Å²) in [6, 6.07) is 0. The molecule has 0 spiro atoms. The molecule has 108 valence electrons. The predicted molar refractivity (Wildman–Crippen MR) is 72.2 cm³/mol. The second kappa shape index (κ2) is 10.6. The molecular formula is C13H24F2O2S. The van der Waals surface area contributed by atoms with Gasteiger partial charge in [0.05, 0.1) is 6.61 Å². The molecule has 0 rings (SSSR count). The van der Waals surface area contributed by atoms with Crippen LogP contribution in [0.1, 0.15) is 46.5 Å². The van der Waals surface area contributed by atoms with Crippen molar-refractivity contribution >= 4 is 17.7 Å². The highest BCUT2D eigenvalue weighted by molar-refractivity contribution is 8.00. The lowest BCUT2D eigenvalue weighted by molar-refractivity contribution is -0.144. The van der Waals surface area contributed by atoms with E-state index in [1.165, 1.54) is 11.8 Å². The molecule has 18 heavy (non-hydrogen) atoms. The maximum Gasteiger partial charge on any atom is 0.319 e. The molecule has 2 nitrogen and oxygen atoms in total. The molecule has 1 unspecified atom stereocenters. The number of alkyl halides is 2. The fraction of sp³-hybridized carbons (Fsp3) is 0.923. The summed E-state index contributed by atoms with van der Waals surface area (Å²) in [4.78, 5) is 11.8. The average Bonchev–Trinajstić information content (AvgIpc) is 2.30. The molecule has 0 heterocycles. The van der Waals surface area contributed by atoms with Gasteiger partial charge in [-0.25, -0.2) is 8.78 Å². The second-order valence-electron chi connectivity index (χ2n) is 4.71. The molecule has 5 heteroatoms. The van der Waals surface area contributed by atoms with Crippen molar-refractivity contribution in [3.63, 3.8) is 0 Å². The van der Waals surface area contributed by atoms with Gasteiger partial charge >= 0.3 is 5.97 Å². The lowest BCUT2D eigenvalue weighted by Crippen LogP contribution is -2.23. The number of hydrogen-bond acceptors (Lipinski definition) is 3. The summed E-state index contributed by atoms with van der Waals surface area (Å²) in [5, 5.41) is -0.289. The van der Waals surface area contributed by atoms with E-state index in [1.54, 1.807) is 0 Å².